The number of nitrogens with one attached hydrogen (secondary N) is 2. The van der Waals surface area contributed by atoms with Gasteiger partial charge in [0.1, 0.15) is 35.0 Å². The third-order valence-electron chi connectivity index (χ3n) is 12.8. The monoisotopic (exact) mass is 758 g/mol. The van der Waals surface area contributed by atoms with Gasteiger partial charge in [-0.05, 0) is 87.2 Å². The minimum Gasteiger partial charge on any atom is -0.487 e. The summed E-state index contributed by atoms with van der Waals surface area (Å²) >= 11 is 0. The molecule has 16 heteroatoms. The van der Waals surface area contributed by atoms with Crippen LogP contribution in [0.4, 0.5) is 23.2 Å². The van der Waals surface area contributed by atoms with Crippen molar-refractivity contribution < 1.29 is 46.2 Å². The van der Waals surface area contributed by atoms with E-state index in [1.165, 1.54) is 27.9 Å². The number of piperidine rings is 1. The number of carbonyl (C=O) groups excluding carboxylic acids is 3. The van der Waals surface area contributed by atoms with Crippen molar-refractivity contribution in [2.45, 2.75) is 99.9 Å². The number of fused-ring (bicyclic) bond motifs is 1. The van der Waals surface area contributed by atoms with Crippen molar-refractivity contribution >= 4 is 23.4 Å². The van der Waals surface area contributed by atoms with Crippen molar-refractivity contribution in [3.63, 3.8) is 0 Å². The van der Waals surface area contributed by atoms with Crippen LogP contribution in [-0.2, 0) is 26.1 Å². The SMILES string of the molecule is Cn1nccc1C(=O)N[C@H](C(=O)Nc1cc2c(cc1F)C(N1C[C@@H](C(F)(F)F)OC(C3CC3)C1=O)CC1(CCN(C3COC3)CC1)O2)C(C1CC1)C1CC1. The Morgan fingerprint density at radius 3 is 2.31 bits per heavy atom. The van der Waals surface area contributed by atoms with Gasteiger partial charge < -0.3 is 29.7 Å². The van der Waals surface area contributed by atoms with Gasteiger partial charge in [0.05, 0.1) is 37.5 Å². The highest BCUT2D eigenvalue weighted by atomic mass is 19.4. The number of hydrogen-bond acceptors (Lipinski definition) is 8. The number of benzene rings is 1. The second-order valence-electron chi connectivity index (χ2n) is 16.5. The van der Waals surface area contributed by atoms with Crippen LogP contribution in [0, 0.1) is 29.5 Å². The Kier molecular flexibility index (Phi) is 8.96. The third-order valence-corrected chi connectivity index (χ3v) is 12.8. The molecule has 4 atom stereocenters. The Balaban J connectivity index is 1.04. The minimum absolute atomic E-state index is 0.119. The number of halogens is 4. The number of alkyl halides is 3. The van der Waals surface area contributed by atoms with Crippen LogP contribution >= 0.6 is 0 Å². The molecule has 0 radical (unpaired) electrons. The molecular formula is C38H46F4N6O6. The second-order valence-corrected chi connectivity index (χ2v) is 16.5. The molecule has 3 saturated heterocycles. The fraction of sp³-hybridized carbons (Fsp3) is 0.684. The van der Waals surface area contributed by atoms with Gasteiger partial charge in [0.15, 0.2) is 6.10 Å². The Labute approximate surface area is 310 Å². The first-order valence-electron chi connectivity index (χ1n) is 19.3. The van der Waals surface area contributed by atoms with Crippen molar-refractivity contribution in [1.82, 2.24) is 24.9 Å². The number of amides is 3. The lowest BCUT2D eigenvalue weighted by Crippen LogP contribution is -2.61. The van der Waals surface area contributed by atoms with Crippen LogP contribution in [0.2, 0.25) is 0 Å². The number of aryl methyl sites for hydroxylation is 1. The van der Waals surface area contributed by atoms with Crippen molar-refractivity contribution in [3.05, 3.63) is 41.5 Å². The number of likely N-dealkylation sites (tertiary alicyclic amines) is 1. The number of aromatic nitrogens is 2. The van der Waals surface area contributed by atoms with E-state index in [1.807, 2.05) is 0 Å². The number of morpholine rings is 1. The van der Waals surface area contributed by atoms with Gasteiger partial charge in [-0.3, -0.25) is 24.0 Å². The largest absolute Gasteiger partial charge is 0.487 e. The van der Waals surface area contributed by atoms with E-state index in [0.29, 0.717) is 58.0 Å². The molecule has 5 heterocycles. The quantitative estimate of drug-likeness (QED) is 0.343. The second kappa shape index (κ2) is 13.5. The maximum atomic E-state index is 16.3. The first kappa shape index (κ1) is 35.9. The number of rotatable bonds is 10. The summed E-state index contributed by atoms with van der Waals surface area (Å²) in [6, 6.07) is 2.59. The summed E-state index contributed by atoms with van der Waals surface area (Å²) in [7, 11) is 1.64. The van der Waals surface area contributed by atoms with Crippen LogP contribution in [-0.4, -0.2) is 106 Å². The molecule has 9 rings (SSSR count). The first-order chi connectivity index (χ1) is 25.9. The highest BCUT2D eigenvalue weighted by Gasteiger charge is 2.56. The van der Waals surface area contributed by atoms with E-state index in [9.17, 15) is 27.6 Å². The van der Waals surface area contributed by atoms with E-state index in [1.54, 1.807) is 13.1 Å². The molecule has 292 valence electrons. The molecule has 1 aromatic heterocycles. The maximum absolute atomic E-state index is 16.3. The Bertz CT molecular complexity index is 1790. The van der Waals surface area contributed by atoms with Gasteiger partial charge in [-0.25, -0.2) is 4.39 Å². The molecule has 2 aromatic rings. The van der Waals surface area contributed by atoms with Gasteiger partial charge in [-0.1, -0.05) is 0 Å². The molecule has 2 N–H and O–H groups in total. The zero-order chi connectivity index (χ0) is 37.5. The molecule has 7 aliphatic rings. The van der Waals surface area contributed by atoms with Gasteiger partial charge in [0.2, 0.25) is 5.91 Å². The lowest BCUT2D eigenvalue weighted by Gasteiger charge is -2.52. The molecule has 12 nitrogen and oxygen atoms in total. The van der Waals surface area contributed by atoms with Gasteiger partial charge in [0.25, 0.3) is 11.8 Å². The third kappa shape index (κ3) is 6.86. The zero-order valence-electron chi connectivity index (χ0n) is 30.2. The molecule has 0 bridgehead atoms. The first-order valence-corrected chi connectivity index (χ1v) is 19.3. The normalized spacial score (nSPS) is 28.0. The van der Waals surface area contributed by atoms with Crippen molar-refractivity contribution in [3.8, 4) is 5.75 Å². The molecule has 4 aliphatic heterocycles. The highest BCUT2D eigenvalue weighted by molar-refractivity contribution is 6.01. The summed E-state index contributed by atoms with van der Waals surface area (Å²) < 4.78 is 78.1. The average Bonchev–Trinajstić information content (AvgIpc) is 3.97. The van der Waals surface area contributed by atoms with Crippen LogP contribution in [0.3, 0.4) is 0 Å². The zero-order valence-corrected chi connectivity index (χ0v) is 30.2. The Hall–Kier alpha value is -3.76. The van der Waals surface area contributed by atoms with Gasteiger partial charge in [0, 0.05) is 44.4 Å². The number of ether oxygens (including phenoxy) is 3. The van der Waals surface area contributed by atoms with E-state index in [0.717, 1.165) is 25.7 Å². The lowest BCUT2D eigenvalue weighted by molar-refractivity contribution is -0.255. The van der Waals surface area contributed by atoms with Crippen LogP contribution in [0.1, 0.15) is 79.9 Å². The van der Waals surface area contributed by atoms with E-state index < -0.39 is 66.2 Å². The molecule has 54 heavy (non-hydrogen) atoms. The Morgan fingerprint density at radius 1 is 1.04 bits per heavy atom. The van der Waals surface area contributed by atoms with Crippen molar-refractivity contribution in [2.75, 3.05) is 38.2 Å². The fourth-order valence-electron chi connectivity index (χ4n) is 9.20. The standard InChI is InChI=1S/C38H46F4N6O6/c1-46-27(8-11-43-46)34(49)45-32(31(20-2-3-20)21-4-5-21)35(50)44-26-15-29-24(14-25(26)39)28(16-37(54-29)9-12-47(13-10-37)23-18-52-19-23)48-17-30(38(40,41)42)53-33(36(48)51)22-6-7-22/h8,11,14-15,20-23,28,30-33H,2-7,9-10,12-13,16-19H2,1H3,(H,44,50)(H,45,49)/t28?,30-,32-,33?/m0/s1. The molecule has 6 fully saturated rings. The van der Waals surface area contributed by atoms with Crippen LogP contribution in [0.15, 0.2) is 24.4 Å². The maximum Gasteiger partial charge on any atom is 0.416 e. The van der Waals surface area contributed by atoms with E-state index >= 15 is 4.39 Å². The van der Waals surface area contributed by atoms with Gasteiger partial charge in [-0.2, -0.15) is 18.3 Å². The predicted octanol–water partition coefficient (Wildman–Crippen LogP) is 4.36. The lowest BCUT2D eigenvalue weighted by atomic mass is 9.79. The van der Waals surface area contributed by atoms with Crippen molar-refractivity contribution in [2.24, 2.45) is 30.7 Å². The smallest absolute Gasteiger partial charge is 0.416 e. The predicted molar refractivity (Wildman–Crippen MR) is 184 cm³/mol. The number of hydrogen-bond donors (Lipinski definition) is 2. The number of anilines is 1. The minimum atomic E-state index is -4.70. The summed E-state index contributed by atoms with van der Waals surface area (Å²) in [5, 5.41) is 9.77. The van der Waals surface area contributed by atoms with Crippen molar-refractivity contribution in [1.29, 1.82) is 0 Å². The van der Waals surface area contributed by atoms with E-state index in [2.05, 4.69) is 20.6 Å². The number of carbonyl (C=O) groups is 3. The Morgan fingerprint density at radius 2 is 1.74 bits per heavy atom. The molecule has 3 saturated carbocycles. The summed E-state index contributed by atoms with van der Waals surface area (Å²) in [5.41, 5.74) is -0.470. The molecule has 1 spiro atoms. The molecule has 3 amide bonds. The summed E-state index contributed by atoms with van der Waals surface area (Å²) in [6.45, 7) is 1.89. The van der Waals surface area contributed by atoms with Gasteiger partial charge in [-0.15, -0.1) is 0 Å². The number of nitrogens with zero attached hydrogens (tertiary/aromatic N) is 4. The highest BCUT2D eigenvalue weighted by Crippen LogP contribution is 2.52. The topological polar surface area (TPSA) is 127 Å². The molecule has 1 aromatic carbocycles. The van der Waals surface area contributed by atoms with E-state index in [4.69, 9.17) is 14.2 Å². The summed E-state index contributed by atoms with van der Waals surface area (Å²) in [4.78, 5) is 45.1. The average molecular weight is 759 g/mol. The molecular weight excluding hydrogens is 712 g/mol. The summed E-state index contributed by atoms with van der Waals surface area (Å²) in [6.07, 6.45) is -0.335. The fourth-order valence-corrected chi connectivity index (χ4v) is 9.20. The van der Waals surface area contributed by atoms with Crippen LogP contribution in [0.25, 0.3) is 0 Å². The van der Waals surface area contributed by atoms with E-state index in [-0.39, 0.29) is 52.8 Å². The van der Waals surface area contributed by atoms with Crippen LogP contribution < -0.4 is 15.4 Å². The van der Waals surface area contributed by atoms with Gasteiger partial charge >= 0.3 is 6.18 Å². The molecule has 3 aliphatic carbocycles. The van der Waals surface area contributed by atoms with Crippen LogP contribution in [0.5, 0.6) is 5.75 Å². The molecule has 2 unspecified atom stereocenters. The summed E-state index contributed by atoms with van der Waals surface area (Å²) in [5.74, 6) is -2.02.